The Hall–Kier alpha value is -1.88. The molecule has 20 heavy (non-hydrogen) atoms. The van der Waals surface area contributed by atoms with Gasteiger partial charge in [0, 0.05) is 17.3 Å². The molecule has 0 atom stereocenters. The van der Waals surface area contributed by atoms with Crippen molar-refractivity contribution in [2.75, 3.05) is 12.8 Å². The van der Waals surface area contributed by atoms with Gasteiger partial charge < -0.3 is 10.5 Å². The lowest BCUT2D eigenvalue weighted by Crippen LogP contribution is -2.08. The van der Waals surface area contributed by atoms with Crippen LogP contribution in [-0.4, -0.2) is 12.9 Å². The minimum atomic E-state index is -0.490. The van der Waals surface area contributed by atoms with E-state index >= 15 is 0 Å². The van der Waals surface area contributed by atoms with Gasteiger partial charge >= 0.3 is 0 Å². The molecule has 0 heterocycles. The highest BCUT2D eigenvalue weighted by atomic mass is 79.9. The van der Waals surface area contributed by atoms with E-state index in [-0.39, 0.29) is 21.6 Å². The summed E-state index contributed by atoms with van der Waals surface area (Å²) in [5.41, 5.74) is 7.78. The maximum Gasteiger partial charge on any atom is 0.198 e. The molecule has 5 heteroatoms. The molecule has 3 nitrogen and oxygen atoms in total. The number of methoxy groups -OCH3 is 1. The SMILES string of the molecule is COc1cc(F)c(Br)cc1C(=O)c1cc(C)ccc1N. The summed E-state index contributed by atoms with van der Waals surface area (Å²) < 4.78 is 18.8. The van der Waals surface area contributed by atoms with Gasteiger partial charge in [-0.15, -0.1) is 0 Å². The first-order chi connectivity index (χ1) is 9.43. The Labute approximate surface area is 124 Å². The predicted molar refractivity (Wildman–Crippen MR) is 79.7 cm³/mol. The van der Waals surface area contributed by atoms with Gasteiger partial charge in [0.15, 0.2) is 5.78 Å². The monoisotopic (exact) mass is 337 g/mol. The summed E-state index contributed by atoms with van der Waals surface area (Å²) in [6.07, 6.45) is 0. The van der Waals surface area contributed by atoms with Crippen LogP contribution in [-0.2, 0) is 0 Å². The molecule has 0 spiro atoms. The predicted octanol–water partition coefficient (Wildman–Crippen LogP) is 3.72. The lowest BCUT2D eigenvalue weighted by atomic mass is 9.99. The zero-order valence-electron chi connectivity index (χ0n) is 11.0. The number of carbonyl (C=O) groups is 1. The summed E-state index contributed by atoms with van der Waals surface area (Å²) in [6, 6.07) is 7.77. The van der Waals surface area contributed by atoms with E-state index in [2.05, 4.69) is 15.9 Å². The van der Waals surface area contributed by atoms with Crippen LogP contribution in [0.4, 0.5) is 10.1 Å². The Morgan fingerprint density at radius 3 is 2.60 bits per heavy atom. The number of halogens is 2. The Morgan fingerprint density at radius 1 is 1.25 bits per heavy atom. The van der Waals surface area contributed by atoms with Crippen LogP contribution in [0, 0.1) is 12.7 Å². The number of aryl methyl sites for hydroxylation is 1. The number of carbonyl (C=O) groups excluding carboxylic acids is 1. The minimum absolute atomic E-state index is 0.177. The number of ketones is 1. The molecule has 0 saturated heterocycles. The lowest BCUT2D eigenvalue weighted by molar-refractivity contribution is 0.103. The van der Waals surface area contributed by atoms with E-state index in [9.17, 15) is 9.18 Å². The molecule has 0 aliphatic heterocycles. The summed E-state index contributed by atoms with van der Waals surface area (Å²) in [5.74, 6) is -0.615. The second-order valence-electron chi connectivity index (χ2n) is 4.39. The minimum Gasteiger partial charge on any atom is -0.496 e. The van der Waals surface area contributed by atoms with Crippen molar-refractivity contribution in [3.63, 3.8) is 0 Å². The van der Waals surface area contributed by atoms with Crippen molar-refractivity contribution in [3.05, 3.63) is 57.3 Å². The van der Waals surface area contributed by atoms with Gasteiger partial charge in [-0.25, -0.2) is 4.39 Å². The number of anilines is 1. The van der Waals surface area contributed by atoms with Crippen LogP contribution in [0.2, 0.25) is 0 Å². The topological polar surface area (TPSA) is 52.3 Å². The van der Waals surface area contributed by atoms with Gasteiger partial charge in [0.25, 0.3) is 0 Å². The van der Waals surface area contributed by atoms with E-state index in [1.165, 1.54) is 19.2 Å². The third kappa shape index (κ3) is 2.67. The van der Waals surface area contributed by atoms with Crippen molar-refractivity contribution in [2.24, 2.45) is 0 Å². The molecule has 0 aromatic heterocycles. The molecule has 0 fully saturated rings. The van der Waals surface area contributed by atoms with Crippen molar-refractivity contribution < 1.29 is 13.9 Å². The Balaban J connectivity index is 2.58. The summed E-state index contributed by atoms with van der Waals surface area (Å²) in [5, 5.41) is 0. The molecule has 0 radical (unpaired) electrons. The third-order valence-electron chi connectivity index (χ3n) is 2.94. The number of benzene rings is 2. The van der Waals surface area contributed by atoms with Crippen LogP contribution < -0.4 is 10.5 Å². The Morgan fingerprint density at radius 2 is 1.95 bits per heavy atom. The van der Waals surface area contributed by atoms with Crippen LogP contribution in [0.3, 0.4) is 0 Å². The second kappa shape index (κ2) is 5.63. The van der Waals surface area contributed by atoms with E-state index in [0.29, 0.717) is 11.3 Å². The van der Waals surface area contributed by atoms with Gasteiger partial charge in [-0.05, 0) is 41.1 Å². The zero-order valence-corrected chi connectivity index (χ0v) is 12.6. The third-order valence-corrected chi connectivity index (χ3v) is 3.55. The summed E-state index contributed by atoms with van der Waals surface area (Å²) >= 11 is 3.07. The number of nitrogens with two attached hydrogens (primary N) is 1. The first-order valence-electron chi connectivity index (χ1n) is 5.88. The number of rotatable bonds is 3. The number of hydrogen-bond donors (Lipinski definition) is 1. The van der Waals surface area contributed by atoms with Crippen molar-refractivity contribution >= 4 is 27.4 Å². The first-order valence-corrected chi connectivity index (χ1v) is 6.67. The molecule has 0 amide bonds. The molecule has 0 aliphatic carbocycles. The van der Waals surface area contributed by atoms with Crippen molar-refractivity contribution in [1.82, 2.24) is 0 Å². The van der Waals surface area contributed by atoms with Crippen molar-refractivity contribution in [2.45, 2.75) is 6.92 Å². The molecule has 0 bridgehead atoms. The van der Waals surface area contributed by atoms with Crippen LogP contribution in [0.15, 0.2) is 34.8 Å². The van der Waals surface area contributed by atoms with Crippen LogP contribution in [0.25, 0.3) is 0 Å². The average molecular weight is 338 g/mol. The quantitative estimate of drug-likeness (QED) is 0.686. The van der Waals surface area contributed by atoms with Gasteiger partial charge in [-0.3, -0.25) is 4.79 Å². The molecule has 0 saturated carbocycles. The molecule has 0 aliphatic rings. The molecular formula is C15H13BrFNO2. The lowest BCUT2D eigenvalue weighted by Gasteiger charge is -2.11. The van der Waals surface area contributed by atoms with Crippen LogP contribution in [0.5, 0.6) is 5.75 Å². The second-order valence-corrected chi connectivity index (χ2v) is 5.24. The van der Waals surface area contributed by atoms with Gasteiger partial charge in [-0.1, -0.05) is 11.6 Å². The van der Waals surface area contributed by atoms with Crippen LogP contribution >= 0.6 is 15.9 Å². The van der Waals surface area contributed by atoms with E-state index in [4.69, 9.17) is 10.5 Å². The van der Waals surface area contributed by atoms with Crippen molar-refractivity contribution in [3.8, 4) is 5.75 Å². The fourth-order valence-electron chi connectivity index (χ4n) is 1.89. The maximum atomic E-state index is 13.5. The molecular weight excluding hydrogens is 325 g/mol. The average Bonchev–Trinajstić information content (AvgIpc) is 2.43. The highest BCUT2D eigenvalue weighted by Gasteiger charge is 2.19. The van der Waals surface area contributed by atoms with Gasteiger partial charge in [-0.2, -0.15) is 0 Å². The zero-order chi connectivity index (χ0) is 14.9. The highest BCUT2D eigenvalue weighted by molar-refractivity contribution is 9.10. The van der Waals surface area contributed by atoms with E-state index in [1.807, 2.05) is 13.0 Å². The smallest absolute Gasteiger partial charge is 0.198 e. The molecule has 0 unspecified atom stereocenters. The van der Waals surface area contributed by atoms with Crippen molar-refractivity contribution in [1.29, 1.82) is 0 Å². The Bertz CT molecular complexity index is 686. The summed E-state index contributed by atoms with van der Waals surface area (Å²) in [4.78, 5) is 12.6. The summed E-state index contributed by atoms with van der Waals surface area (Å²) in [6.45, 7) is 1.87. The van der Waals surface area contributed by atoms with E-state index in [0.717, 1.165) is 5.56 Å². The molecule has 104 valence electrons. The molecule has 2 aromatic rings. The molecule has 2 rings (SSSR count). The van der Waals surface area contributed by atoms with Gasteiger partial charge in [0.1, 0.15) is 11.6 Å². The Kier molecular flexibility index (Phi) is 4.09. The fraction of sp³-hybridized carbons (Fsp3) is 0.133. The number of ether oxygens (including phenoxy) is 1. The highest BCUT2D eigenvalue weighted by Crippen LogP contribution is 2.29. The van der Waals surface area contributed by atoms with E-state index in [1.54, 1.807) is 12.1 Å². The van der Waals surface area contributed by atoms with E-state index < -0.39 is 5.82 Å². The van der Waals surface area contributed by atoms with Gasteiger partial charge in [0.05, 0.1) is 17.1 Å². The number of hydrogen-bond acceptors (Lipinski definition) is 3. The molecule has 2 N–H and O–H groups in total. The standard InChI is InChI=1S/C15H13BrFNO2/c1-8-3-4-13(18)9(5-8)15(19)10-6-11(16)12(17)7-14(10)20-2/h3-7H,18H2,1-2H3. The largest absolute Gasteiger partial charge is 0.496 e. The number of nitrogen functional groups attached to an aromatic ring is 1. The van der Waals surface area contributed by atoms with Gasteiger partial charge in [0.2, 0.25) is 0 Å². The first kappa shape index (κ1) is 14.5. The maximum absolute atomic E-state index is 13.5. The van der Waals surface area contributed by atoms with Crippen LogP contribution in [0.1, 0.15) is 21.5 Å². The fourth-order valence-corrected chi connectivity index (χ4v) is 2.23. The normalized spacial score (nSPS) is 10.4. The molecule has 2 aromatic carbocycles. The summed E-state index contributed by atoms with van der Waals surface area (Å²) in [7, 11) is 1.39.